The molecule has 0 atom stereocenters. The maximum absolute atomic E-state index is 13.2. The molecule has 0 bridgehead atoms. The van der Waals surface area contributed by atoms with E-state index in [0.717, 1.165) is 16.3 Å². The predicted octanol–water partition coefficient (Wildman–Crippen LogP) is 3.60. The molecular formula is C12H11F. The van der Waals surface area contributed by atoms with E-state index in [1.807, 2.05) is 31.2 Å². The van der Waals surface area contributed by atoms with Gasteiger partial charge in [-0.25, -0.2) is 4.39 Å². The van der Waals surface area contributed by atoms with Crippen LogP contribution in [0, 0.1) is 19.7 Å². The summed E-state index contributed by atoms with van der Waals surface area (Å²) < 4.78 is 13.2. The summed E-state index contributed by atoms with van der Waals surface area (Å²) >= 11 is 0. The Bertz CT molecular complexity index is 458. The molecule has 0 aromatic heterocycles. The lowest BCUT2D eigenvalue weighted by molar-refractivity contribution is 0.620. The number of hydrogen-bond donors (Lipinski definition) is 0. The monoisotopic (exact) mass is 174 g/mol. The van der Waals surface area contributed by atoms with E-state index in [4.69, 9.17) is 0 Å². The Balaban J connectivity index is 2.89. The van der Waals surface area contributed by atoms with Crippen molar-refractivity contribution in [2.75, 3.05) is 0 Å². The highest BCUT2D eigenvalue weighted by atomic mass is 19.1. The molecule has 0 aliphatic heterocycles. The van der Waals surface area contributed by atoms with Crippen molar-refractivity contribution in [3.63, 3.8) is 0 Å². The van der Waals surface area contributed by atoms with Gasteiger partial charge >= 0.3 is 0 Å². The highest BCUT2D eigenvalue weighted by Gasteiger charge is 2.01. The van der Waals surface area contributed by atoms with Gasteiger partial charge in [-0.2, -0.15) is 0 Å². The minimum absolute atomic E-state index is 0.123. The van der Waals surface area contributed by atoms with Gasteiger partial charge in [-0.1, -0.05) is 18.2 Å². The van der Waals surface area contributed by atoms with E-state index in [0.29, 0.717) is 5.56 Å². The molecule has 0 spiro atoms. The SMILES string of the molecule is Cc1cc2cccc(C)c2cc1F. The van der Waals surface area contributed by atoms with Crippen LogP contribution in [0.25, 0.3) is 10.8 Å². The van der Waals surface area contributed by atoms with Crippen molar-refractivity contribution in [3.05, 3.63) is 47.3 Å². The summed E-state index contributed by atoms with van der Waals surface area (Å²) in [7, 11) is 0. The summed E-state index contributed by atoms with van der Waals surface area (Å²) in [5.74, 6) is -0.123. The highest BCUT2D eigenvalue weighted by Crippen LogP contribution is 2.21. The molecule has 1 heteroatoms. The van der Waals surface area contributed by atoms with E-state index in [9.17, 15) is 4.39 Å². The van der Waals surface area contributed by atoms with Crippen LogP contribution >= 0.6 is 0 Å². The molecule has 0 heterocycles. The lowest BCUT2D eigenvalue weighted by atomic mass is 10.0. The third kappa shape index (κ3) is 1.31. The first-order valence-corrected chi connectivity index (χ1v) is 4.34. The third-order valence-corrected chi connectivity index (χ3v) is 2.38. The third-order valence-electron chi connectivity index (χ3n) is 2.38. The molecule has 0 fully saturated rings. The van der Waals surface area contributed by atoms with Gasteiger partial charge in [0.2, 0.25) is 0 Å². The van der Waals surface area contributed by atoms with Crippen LogP contribution < -0.4 is 0 Å². The Morgan fingerprint density at radius 3 is 2.54 bits per heavy atom. The van der Waals surface area contributed by atoms with Crippen LogP contribution in [0.1, 0.15) is 11.1 Å². The van der Waals surface area contributed by atoms with Crippen molar-refractivity contribution in [2.24, 2.45) is 0 Å². The molecule has 0 saturated heterocycles. The van der Waals surface area contributed by atoms with Crippen molar-refractivity contribution in [2.45, 2.75) is 13.8 Å². The number of halogens is 1. The lowest BCUT2D eigenvalue weighted by Crippen LogP contribution is -1.84. The van der Waals surface area contributed by atoms with Gasteiger partial charge < -0.3 is 0 Å². The molecule has 0 aliphatic rings. The fraction of sp³-hybridized carbons (Fsp3) is 0.167. The largest absolute Gasteiger partial charge is 0.207 e. The minimum atomic E-state index is -0.123. The Morgan fingerprint density at radius 1 is 1.00 bits per heavy atom. The molecule has 0 saturated carbocycles. The summed E-state index contributed by atoms with van der Waals surface area (Å²) in [5, 5.41) is 2.12. The fourth-order valence-corrected chi connectivity index (χ4v) is 1.57. The van der Waals surface area contributed by atoms with Crippen LogP contribution in [0.4, 0.5) is 4.39 Å². The summed E-state index contributed by atoms with van der Waals surface area (Å²) in [5.41, 5.74) is 1.83. The van der Waals surface area contributed by atoms with Crippen LogP contribution in [0.5, 0.6) is 0 Å². The van der Waals surface area contributed by atoms with Gasteiger partial charge in [0, 0.05) is 0 Å². The molecular weight excluding hydrogens is 163 g/mol. The average Bonchev–Trinajstić information content (AvgIpc) is 2.09. The molecule has 0 unspecified atom stereocenters. The van der Waals surface area contributed by atoms with Crippen molar-refractivity contribution in [1.82, 2.24) is 0 Å². The normalized spacial score (nSPS) is 10.7. The van der Waals surface area contributed by atoms with Crippen LogP contribution in [0.3, 0.4) is 0 Å². The first kappa shape index (κ1) is 8.24. The molecule has 0 amide bonds. The molecule has 0 nitrogen and oxygen atoms in total. The topological polar surface area (TPSA) is 0 Å². The zero-order chi connectivity index (χ0) is 9.42. The second-order valence-corrected chi connectivity index (χ2v) is 3.40. The summed E-state index contributed by atoms with van der Waals surface area (Å²) in [6.45, 7) is 3.79. The molecule has 66 valence electrons. The fourth-order valence-electron chi connectivity index (χ4n) is 1.57. The van der Waals surface area contributed by atoms with Crippen molar-refractivity contribution >= 4 is 10.8 Å². The standard InChI is InChI=1S/C12H11F/c1-8-4-3-5-10-6-9(2)12(13)7-11(8)10/h3-7H,1-2H3. The van der Waals surface area contributed by atoms with Gasteiger partial charge in [0.25, 0.3) is 0 Å². The van der Waals surface area contributed by atoms with Gasteiger partial charge in [0.05, 0.1) is 0 Å². The summed E-state index contributed by atoms with van der Waals surface area (Å²) in [6, 6.07) is 9.50. The Hall–Kier alpha value is -1.37. The van der Waals surface area contributed by atoms with Gasteiger partial charge in [0.1, 0.15) is 5.82 Å². The molecule has 2 aromatic carbocycles. The minimum Gasteiger partial charge on any atom is -0.207 e. The van der Waals surface area contributed by atoms with E-state index < -0.39 is 0 Å². The van der Waals surface area contributed by atoms with Crippen LogP contribution in [0.15, 0.2) is 30.3 Å². The molecule has 13 heavy (non-hydrogen) atoms. The van der Waals surface area contributed by atoms with Gasteiger partial charge in [0.15, 0.2) is 0 Å². The smallest absolute Gasteiger partial charge is 0.126 e. The Morgan fingerprint density at radius 2 is 1.77 bits per heavy atom. The number of rotatable bonds is 0. The Kier molecular flexibility index (Phi) is 1.80. The number of fused-ring (bicyclic) bond motifs is 1. The van der Waals surface area contributed by atoms with Crippen molar-refractivity contribution in [3.8, 4) is 0 Å². The van der Waals surface area contributed by atoms with E-state index in [-0.39, 0.29) is 5.82 Å². The molecule has 0 N–H and O–H groups in total. The van der Waals surface area contributed by atoms with Gasteiger partial charge in [-0.3, -0.25) is 0 Å². The van der Waals surface area contributed by atoms with Crippen molar-refractivity contribution < 1.29 is 4.39 Å². The van der Waals surface area contributed by atoms with Gasteiger partial charge in [-0.05, 0) is 47.9 Å². The predicted molar refractivity (Wildman–Crippen MR) is 53.4 cm³/mol. The zero-order valence-corrected chi connectivity index (χ0v) is 7.76. The summed E-state index contributed by atoms with van der Waals surface area (Å²) in [4.78, 5) is 0. The molecule has 2 rings (SSSR count). The second kappa shape index (κ2) is 2.84. The second-order valence-electron chi connectivity index (χ2n) is 3.40. The van der Waals surface area contributed by atoms with E-state index >= 15 is 0 Å². The lowest BCUT2D eigenvalue weighted by Gasteiger charge is -2.03. The van der Waals surface area contributed by atoms with E-state index in [1.54, 1.807) is 13.0 Å². The van der Waals surface area contributed by atoms with Gasteiger partial charge in [-0.15, -0.1) is 0 Å². The number of aryl methyl sites for hydroxylation is 2. The molecule has 0 aliphatic carbocycles. The maximum Gasteiger partial charge on any atom is 0.126 e. The number of hydrogen-bond acceptors (Lipinski definition) is 0. The molecule has 2 aromatic rings. The number of benzene rings is 2. The van der Waals surface area contributed by atoms with Crippen LogP contribution in [-0.2, 0) is 0 Å². The summed E-state index contributed by atoms with van der Waals surface area (Å²) in [6.07, 6.45) is 0. The maximum atomic E-state index is 13.2. The van der Waals surface area contributed by atoms with Crippen molar-refractivity contribution in [1.29, 1.82) is 0 Å². The van der Waals surface area contributed by atoms with Crippen LogP contribution in [-0.4, -0.2) is 0 Å². The first-order valence-electron chi connectivity index (χ1n) is 4.34. The molecule has 0 radical (unpaired) electrons. The zero-order valence-electron chi connectivity index (χ0n) is 7.76. The Labute approximate surface area is 77.0 Å². The average molecular weight is 174 g/mol. The van der Waals surface area contributed by atoms with Crippen LogP contribution in [0.2, 0.25) is 0 Å². The van der Waals surface area contributed by atoms with E-state index in [1.165, 1.54) is 0 Å². The highest BCUT2D eigenvalue weighted by molar-refractivity contribution is 5.86. The quantitative estimate of drug-likeness (QED) is 0.572. The van der Waals surface area contributed by atoms with E-state index in [2.05, 4.69) is 0 Å². The first-order chi connectivity index (χ1) is 6.18.